The van der Waals surface area contributed by atoms with Crippen LogP contribution in [0.3, 0.4) is 0 Å². The first-order chi connectivity index (χ1) is 34.7. The first-order valence-corrected chi connectivity index (χ1v) is 28.8. The molecule has 1 aliphatic heterocycles. The highest BCUT2D eigenvalue weighted by Gasteiger charge is 2.50. The molecule has 1 saturated carbocycles. The van der Waals surface area contributed by atoms with Crippen molar-refractivity contribution in [2.75, 3.05) is 32.0 Å². The Morgan fingerprint density at radius 2 is 1.57 bits per heavy atom. The van der Waals surface area contributed by atoms with Gasteiger partial charge < -0.3 is 55.6 Å². The number of aromatic nitrogens is 4. The monoisotopic (exact) mass is 1110 g/mol. The Balaban J connectivity index is 0.950. The highest BCUT2D eigenvalue weighted by atomic mass is 31.3. The summed E-state index contributed by atoms with van der Waals surface area (Å²) >= 11 is 0. The quantitative estimate of drug-likeness (QED) is 0.0232. The van der Waals surface area contributed by atoms with Crippen molar-refractivity contribution in [3.63, 3.8) is 0 Å². The fourth-order valence-corrected chi connectivity index (χ4v) is 11.2. The van der Waals surface area contributed by atoms with Crippen molar-refractivity contribution in [3.8, 4) is 0 Å². The Morgan fingerprint density at radius 1 is 0.919 bits per heavy atom. The van der Waals surface area contributed by atoms with Gasteiger partial charge in [0.25, 0.3) is 6.47 Å². The second-order valence-corrected chi connectivity index (χ2v) is 24.2. The predicted octanol–water partition coefficient (Wildman–Crippen LogP) is 4.00. The van der Waals surface area contributed by atoms with E-state index in [0.717, 1.165) is 87.9 Å². The molecule has 7 unspecified atom stereocenters. The summed E-state index contributed by atoms with van der Waals surface area (Å²) in [6.45, 7) is 4.69. The van der Waals surface area contributed by atoms with E-state index >= 15 is 0 Å². The molecule has 2 aromatic heterocycles. The third kappa shape index (κ3) is 18.6. The molecule has 1 saturated heterocycles. The Kier molecular flexibility index (Phi) is 21.6. The van der Waals surface area contributed by atoms with E-state index in [0.29, 0.717) is 12.9 Å². The molecule has 29 heteroatoms. The minimum atomic E-state index is -5.60. The van der Waals surface area contributed by atoms with Crippen molar-refractivity contribution < 1.29 is 90.0 Å². The summed E-state index contributed by atoms with van der Waals surface area (Å²) in [4.78, 5) is 100. The number of aliphatic hydroxyl groups excluding tert-OH is 2. The fourth-order valence-electron chi connectivity index (χ4n) is 8.37. The largest absolute Gasteiger partial charge is 0.481 e. The van der Waals surface area contributed by atoms with Crippen molar-refractivity contribution in [2.45, 2.75) is 154 Å². The summed E-state index contributed by atoms with van der Waals surface area (Å²) in [5.41, 5.74) is 6.09. The summed E-state index contributed by atoms with van der Waals surface area (Å²) < 4.78 is 67.9. The van der Waals surface area contributed by atoms with E-state index in [1.165, 1.54) is 25.0 Å². The van der Waals surface area contributed by atoms with Crippen molar-refractivity contribution in [1.82, 2.24) is 30.2 Å². The zero-order chi connectivity index (χ0) is 54.5. The van der Waals surface area contributed by atoms with Crippen molar-refractivity contribution >= 4 is 64.5 Å². The summed E-state index contributed by atoms with van der Waals surface area (Å²) in [5, 5.41) is 26.7. The van der Waals surface area contributed by atoms with E-state index < -0.39 is 90.0 Å². The number of unbranched alkanes of at least 4 members (excludes halogenated alkanes) is 4. The molecule has 414 valence electrons. The topological polar surface area (TPSA) is 390 Å². The van der Waals surface area contributed by atoms with Gasteiger partial charge in [-0.05, 0) is 68.9 Å². The zero-order valence-electron chi connectivity index (χ0n) is 41.9. The average Bonchev–Trinajstić information content (AvgIpc) is 3.83. The number of benzene rings is 1. The Hall–Kier alpha value is -4.10. The number of imidazole rings is 1. The lowest BCUT2D eigenvalue weighted by Crippen LogP contribution is -2.46. The van der Waals surface area contributed by atoms with E-state index in [2.05, 4.69) is 58.7 Å². The second-order valence-electron chi connectivity index (χ2n) is 20.0. The lowest BCUT2D eigenvalue weighted by Gasteiger charge is -2.30. The van der Waals surface area contributed by atoms with Gasteiger partial charge in [-0.15, -0.1) is 0 Å². The van der Waals surface area contributed by atoms with Gasteiger partial charge in [-0.25, -0.2) is 28.6 Å². The smallest absolute Gasteiger partial charge is 0.461 e. The third-order valence-corrected chi connectivity index (χ3v) is 16.1. The molecular weight excluding hydrogens is 1040 g/mol. The van der Waals surface area contributed by atoms with Crippen LogP contribution in [0.15, 0.2) is 36.9 Å². The van der Waals surface area contributed by atoms with Crippen LogP contribution in [0.4, 0.5) is 5.82 Å². The lowest BCUT2D eigenvalue weighted by molar-refractivity contribution is -0.137. The summed E-state index contributed by atoms with van der Waals surface area (Å²) in [7, 11) is -16.5. The molecule has 0 spiro atoms. The van der Waals surface area contributed by atoms with Crippen LogP contribution >= 0.6 is 23.5 Å². The number of amides is 2. The lowest BCUT2D eigenvalue weighted by atomic mass is 9.81. The molecule has 1 aromatic carbocycles. The third-order valence-electron chi connectivity index (χ3n) is 13.0. The number of aliphatic hydroxyl groups is 2. The van der Waals surface area contributed by atoms with Crippen LogP contribution in [0.25, 0.3) is 11.2 Å². The number of aryl methyl sites for hydroxylation is 2. The highest BCUT2D eigenvalue weighted by Crippen LogP contribution is 2.61. The van der Waals surface area contributed by atoms with Crippen LogP contribution in [0.1, 0.15) is 122 Å². The molecule has 26 nitrogen and oxygen atoms in total. The molecular formula is C45H70N7O19P3. The van der Waals surface area contributed by atoms with E-state index in [9.17, 15) is 62.7 Å². The number of carbonyl (C=O) groups excluding carboxylic acids is 4. The second kappa shape index (κ2) is 26.3. The summed E-state index contributed by atoms with van der Waals surface area (Å²) in [6, 6.07) is 8.67. The zero-order valence-corrected chi connectivity index (χ0v) is 44.5. The number of hydrogen-bond donors (Lipinski definition) is 9. The SMILES string of the molecule is CC(C)(CCCCCc1cccc(CCCCCC2(OC=O)CC2)c1)C(=O)CCNC(=O)CCNC(=O)C(O)C(C)(C)COP(=O)(O)OP(=O)(O)OCC1OC(n2cnc3c(N)ncnc32)C(O)C1OP(=O)(O)O. The molecule has 7 atom stereocenters. The number of nitrogens with two attached hydrogens (primary N) is 1. The average molecular weight is 1110 g/mol. The number of nitrogens with zero attached hydrogens (tertiary/aromatic N) is 4. The number of phosphoric ester groups is 3. The van der Waals surface area contributed by atoms with Crippen LogP contribution in [0, 0.1) is 10.8 Å². The van der Waals surface area contributed by atoms with E-state index in [1.807, 2.05) is 13.8 Å². The number of ether oxygens (including phenoxy) is 2. The van der Waals surface area contributed by atoms with Crippen molar-refractivity contribution in [2.24, 2.45) is 10.8 Å². The highest BCUT2D eigenvalue weighted by molar-refractivity contribution is 7.61. The number of fused-ring (bicyclic) bond motifs is 1. The number of nitrogen functional groups attached to an aromatic ring is 1. The van der Waals surface area contributed by atoms with Crippen LogP contribution in [0.2, 0.25) is 0 Å². The van der Waals surface area contributed by atoms with Crippen LogP contribution in [-0.4, -0.2) is 130 Å². The van der Waals surface area contributed by atoms with Gasteiger partial charge in [0.05, 0.1) is 19.5 Å². The number of ketones is 1. The molecule has 3 heterocycles. The van der Waals surface area contributed by atoms with Gasteiger partial charge in [-0.2, -0.15) is 4.31 Å². The molecule has 74 heavy (non-hydrogen) atoms. The molecule has 2 amide bonds. The molecule has 5 rings (SSSR count). The standard InChI is InChI=1S/C45H70N7O19P3/c1-43(2,18-9-5-7-12-30-14-11-15-31(24-30)13-8-6-10-19-45(20-21-45)66-29-53)33(54)16-22-47-34(55)17-23-48-41(58)38(57)44(3,4)26-68-74(64,65)71-73(62,63)67-25-32-37(70-72(59,60)61)36(56)42(69-32)52-28-51-35-39(46)49-27-50-40(35)52/h11,14-15,24,27-29,32,36-38,42,56-57H,5-10,12-13,16-23,25-26H2,1-4H3,(H,47,55)(H,48,58)(H,62,63)(H,64,65)(H2,46,49,50)(H2,59,60,61). The number of phosphoric acid groups is 3. The Labute approximate surface area is 428 Å². The van der Waals surface area contributed by atoms with Crippen molar-refractivity contribution in [3.05, 3.63) is 48.0 Å². The molecule has 2 aliphatic rings. The maximum absolute atomic E-state index is 13.1. The van der Waals surface area contributed by atoms with Gasteiger partial charge in [-0.1, -0.05) is 71.2 Å². The number of Topliss-reactive ketones (excluding diaryl/α,β-unsaturated/α-hetero) is 1. The Bertz CT molecular complexity index is 2540. The molecule has 10 N–H and O–H groups in total. The Morgan fingerprint density at radius 3 is 2.22 bits per heavy atom. The number of anilines is 1. The molecule has 0 radical (unpaired) electrons. The van der Waals surface area contributed by atoms with Crippen molar-refractivity contribution in [1.29, 1.82) is 0 Å². The predicted molar refractivity (Wildman–Crippen MR) is 263 cm³/mol. The number of carbonyl (C=O) groups is 4. The summed E-state index contributed by atoms with van der Waals surface area (Å²) in [6.07, 6.45) is 4.69. The van der Waals surface area contributed by atoms with Crippen LogP contribution in [0.5, 0.6) is 0 Å². The van der Waals surface area contributed by atoms with Crippen LogP contribution in [-0.2, 0) is 73.1 Å². The molecule has 2 fully saturated rings. The molecule has 0 bridgehead atoms. The number of hydrogen-bond acceptors (Lipinski definition) is 19. The van der Waals surface area contributed by atoms with E-state index in [1.54, 1.807) is 0 Å². The van der Waals surface area contributed by atoms with Gasteiger partial charge in [0, 0.05) is 36.8 Å². The van der Waals surface area contributed by atoms with Gasteiger partial charge in [-0.3, -0.25) is 37.3 Å². The van der Waals surface area contributed by atoms with Gasteiger partial charge >= 0.3 is 23.5 Å². The summed E-state index contributed by atoms with van der Waals surface area (Å²) in [5.74, 6) is -1.50. The number of nitrogens with one attached hydrogen (secondary N) is 2. The first-order valence-electron chi connectivity index (χ1n) is 24.3. The normalized spacial score (nSPS) is 20.8. The molecule has 3 aromatic rings. The maximum Gasteiger partial charge on any atom is 0.481 e. The number of rotatable bonds is 34. The minimum Gasteiger partial charge on any atom is -0.461 e. The van der Waals surface area contributed by atoms with Gasteiger partial charge in [0.2, 0.25) is 11.8 Å². The molecule has 1 aliphatic carbocycles. The first kappa shape index (κ1) is 60.8. The van der Waals surface area contributed by atoms with Gasteiger partial charge in [0.1, 0.15) is 47.6 Å². The van der Waals surface area contributed by atoms with E-state index in [-0.39, 0.29) is 54.3 Å². The van der Waals surface area contributed by atoms with Crippen LogP contribution < -0.4 is 16.4 Å². The van der Waals surface area contributed by atoms with Gasteiger partial charge in [0.15, 0.2) is 17.7 Å². The van der Waals surface area contributed by atoms with E-state index in [4.69, 9.17) is 24.3 Å². The minimum absolute atomic E-state index is 0.00311. The fraction of sp³-hybridized carbons (Fsp3) is 0.667. The maximum atomic E-state index is 13.1.